The third-order valence-electron chi connectivity index (χ3n) is 3.98. The number of carbonyl (C=O) groups is 2. The zero-order chi connectivity index (χ0) is 16.2. The van der Waals surface area contributed by atoms with Gasteiger partial charge in [0, 0.05) is 32.9 Å². The molecule has 0 spiro atoms. The van der Waals surface area contributed by atoms with E-state index >= 15 is 0 Å². The largest absolute Gasteiger partial charge is 0.472 e. The molecule has 0 fully saturated rings. The quantitative estimate of drug-likeness (QED) is 0.862. The molecule has 1 atom stereocenters. The van der Waals surface area contributed by atoms with Crippen LogP contribution in [0.4, 0.5) is 0 Å². The Kier molecular flexibility index (Phi) is 4.47. The lowest BCUT2D eigenvalue weighted by Gasteiger charge is -2.36. The van der Waals surface area contributed by atoms with E-state index in [-0.39, 0.29) is 17.9 Å². The summed E-state index contributed by atoms with van der Waals surface area (Å²) in [5.74, 6) is -0.253. The molecule has 2 amide bonds. The van der Waals surface area contributed by atoms with Gasteiger partial charge in [0.25, 0.3) is 11.8 Å². The lowest BCUT2D eigenvalue weighted by Crippen LogP contribution is -2.53. The van der Waals surface area contributed by atoms with Gasteiger partial charge in [-0.1, -0.05) is 0 Å². The van der Waals surface area contributed by atoms with Crippen LogP contribution in [0.5, 0.6) is 0 Å². The van der Waals surface area contributed by atoms with Crippen molar-refractivity contribution in [2.45, 2.75) is 12.6 Å². The maximum atomic E-state index is 12.6. The zero-order valence-corrected chi connectivity index (χ0v) is 12.9. The Balaban J connectivity index is 1.70. The van der Waals surface area contributed by atoms with E-state index in [1.807, 2.05) is 22.9 Å². The first-order chi connectivity index (χ1) is 11.2. The lowest BCUT2D eigenvalue weighted by molar-refractivity contribution is 0.0504. The number of amides is 2. The van der Waals surface area contributed by atoms with Gasteiger partial charge in [0.15, 0.2) is 0 Å². The second-order valence-corrected chi connectivity index (χ2v) is 5.41. The molecule has 2 aromatic rings. The van der Waals surface area contributed by atoms with Crippen LogP contribution < -0.4 is 5.32 Å². The summed E-state index contributed by atoms with van der Waals surface area (Å²) in [6.45, 7) is 1.96. The topological polar surface area (TPSA) is 76.7 Å². The number of hydrogen-bond donors (Lipinski definition) is 1. The summed E-state index contributed by atoms with van der Waals surface area (Å²) in [6, 6.07) is 5.15. The Labute approximate surface area is 133 Å². The van der Waals surface area contributed by atoms with Gasteiger partial charge in [-0.15, -0.1) is 0 Å². The van der Waals surface area contributed by atoms with E-state index in [1.165, 1.54) is 12.5 Å². The molecule has 1 aliphatic rings. The third kappa shape index (κ3) is 3.14. The molecule has 122 valence electrons. The highest BCUT2D eigenvalue weighted by Gasteiger charge is 2.32. The SMILES string of the molecule is COCCN1C(=O)c2cccn2CC1CNC(=O)c1ccoc1. The summed E-state index contributed by atoms with van der Waals surface area (Å²) in [4.78, 5) is 26.4. The van der Waals surface area contributed by atoms with Crippen LogP contribution in [-0.4, -0.2) is 54.1 Å². The van der Waals surface area contributed by atoms with Crippen molar-refractivity contribution in [3.63, 3.8) is 0 Å². The molecule has 7 heteroatoms. The van der Waals surface area contributed by atoms with Gasteiger partial charge in [0.1, 0.15) is 12.0 Å². The Morgan fingerprint density at radius 1 is 1.48 bits per heavy atom. The monoisotopic (exact) mass is 317 g/mol. The average molecular weight is 317 g/mol. The molecule has 1 aliphatic heterocycles. The predicted octanol–water partition coefficient (Wildman–Crippen LogP) is 0.982. The second-order valence-electron chi connectivity index (χ2n) is 5.41. The molecule has 3 rings (SSSR count). The van der Waals surface area contributed by atoms with Crippen LogP contribution in [0.1, 0.15) is 20.8 Å². The Hall–Kier alpha value is -2.54. The Bertz CT molecular complexity index is 677. The molecule has 0 aliphatic carbocycles. The minimum absolute atomic E-state index is 0.0409. The fraction of sp³-hybridized carbons (Fsp3) is 0.375. The summed E-state index contributed by atoms with van der Waals surface area (Å²) in [5.41, 5.74) is 1.13. The molecule has 3 heterocycles. The molecular weight excluding hydrogens is 298 g/mol. The number of methoxy groups -OCH3 is 1. The molecule has 1 N–H and O–H groups in total. The number of aromatic nitrogens is 1. The van der Waals surface area contributed by atoms with Crippen LogP contribution in [0.2, 0.25) is 0 Å². The van der Waals surface area contributed by atoms with Crippen molar-refractivity contribution in [2.24, 2.45) is 0 Å². The maximum Gasteiger partial charge on any atom is 0.270 e. The van der Waals surface area contributed by atoms with E-state index in [1.54, 1.807) is 18.1 Å². The van der Waals surface area contributed by atoms with Crippen molar-refractivity contribution in [1.82, 2.24) is 14.8 Å². The normalized spacial score (nSPS) is 17.2. The van der Waals surface area contributed by atoms with Crippen LogP contribution in [0, 0.1) is 0 Å². The summed E-state index contributed by atoms with van der Waals surface area (Å²) in [6.07, 6.45) is 4.73. The Morgan fingerprint density at radius 2 is 2.35 bits per heavy atom. The van der Waals surface area contributed by atoms with Gasteiger partial charge in [0.05, 0.1) is 24.5 Å². The molecule has 0 bridgehead atoms. The van der Waals surface area contributed by atoms with Crippen molar-refractivity contribution in [3.8, 4) is 0 Å². The van der Waals surface area contributed by atoms with Crippen molar-refractivity contribution < 1.29 is 18.7 Å². The zero-order valence-electron chi connectivity index (χ0n) is 12.9. The molecule has 0 radical (unpaired) electrons. The summed E-state index contributed by atoms with van der Waals surface area (Å²) >= 11 is 0. The number of furan rings is 1. The van der Waals surface area contributed by atoms with Gasteiger partial charge >= 0.3 is 0 Å². The van der Waals surface area contributed by atoms with E-state index < -0.39 is 0 Å². The van der Waals surface area contributed by atoms with Crippen molar-refractivity contribution in [3.05, 3.63) is 48.2 Å². The van der Waals surface area contributed by atoms with Gasteiger partial charge in [0.2, 0.25) is 0 Å². The smallest absolute Gasteiger partial charge is 0.270 e. The highest BCUT2D eigenvalue weighted by molar-refractivity contribution is 5.95. The maximum absolute atomic E-state index is 12.6. The third-order valence-corrected chi connectivity index (χ3v) is 3.98. The van der Waals surface area contributed by atoms with Gasteiger partial charge in [-0.3, -0.25) is 9.59 Å². The predicted molar refractivity (Wildman–Crippen MR) is 82.2 cm³/mol. The standard InChI is InChI=1S/C16H19N3O4/c1-22-8-6-19-13(9-17-15(20)12-4-7-23-11-12)10-18-5-2-3-14(18)16(19)21/h2-5,7,11,13H,6,8-10H2,1H3,(H,17,20). The summed E-state index contributed by atoms with van der Waals surface area (Å²) in [7, 11) is 1.60. The van der Waals surface area contributed by atoms with Crippen LogP contribution in [-0.2, 0) is 11.3 Å². The van der Waals surface area contributed by atoms with E-state index in [9.17, 15) is 9.59 Å². The number of nitrogens with one attached hydrogen (secondary N) is 1. The second kappa shape index (κ2) is 6.70. The van der Waals surface area contributed by atoms with E-state index in [2.05, 4.69) is 5.32 Å². The first-order valence-electron chi connectivity index (χ1n) is 7.46. The molecule has 2 aromatic heterocycles. The van der Waals surface area contributed by atoms with Crippen LogP contribution in [0.3, 0.4) is 0 Å². The molecule has 7 nitrogen and oxygen atoms in total. The highest BCUT2D eigenvalue weighted by Crippen LogP contribution is 2.18. The van der Waals surface area contributed by atoms with Crippen molar-refractivity contribution in [2.75, 3.05) is 26.8 Å². The summed E-state index contributed by atoms with van der Waals surface area (Å²) < 4.78 is 11.9. The average Bonchev–Trinajstić information content (AvgIpc) is 3.23. The minimum Gasteiger partial charge on any atom is -0.472 e. The van der Waals surface area contributed by atoms with E-state index in [4.69, 9.17) is 9.15 Å². The number of carbonyl (C=O) groups excluding carboxylic acids is 2. The van der Waals surface area contributed by atoms with E-state index in [0.717, 1.165) is 0 Å². The first-order valence-corrected chi connectivity index (χ1v) is 7.46. The lowest BCUT2D eigenvalue weighted by atomic mass is 10.1. The molecule has 1 unspecified atom stereocenters. The first kappa shape index (κ1) is 15.4. The summed E-state index contributed by atoms with van der Waals surface area (Å²) in [5, 5.41) is 2.86. The van der Waals surface area contributed by atoms with Crippen LogP contribution >= 0.6 is 0 Å². The fourth-order valence-electron chi connectivity index (χ4n) is 2.76. The number of hydrogen-bond acceptors (Lipinski definition) is 4. The van der Waals surface area contributed by atoms with Crippen molar-refractivity contribution in [1.29, 1.82) is 0 Å². The highest BCUT2D eigenvalue weighted by atomic mass is 16.5. The van der Waals surface area contributed by atoms with E-state index in [0.29, 0.717) is 37.5 Å². The number of ether oxygens (including phenoxy) is 1. The number of rotatable bonds is 6. The Morgan fingerprint density at radius 3 is 3.09 bits per heavy atom. The number of nitrogens with zero attached hydrogens (tertiary/aromatic N) is 2. The van der Waals surface area contributed by atoms with Gasteiger partial charge in [-0.05, 0) is 18.2 Å². The molecular formula is C16H19N3O4. The molecule has 0 saturated carbocycles. The fourth-order valence-corrected chi connectivity index (χ4v) is 2.76. The minimum atomic E-state index is -0.212. The van der Waals surface area contributed by atoms with Crippen LogP contribution in [0.25, 0.3) is 0 Å². The van der Waals surface area contributed by atoms with Crippen molar-refractivity contribution >= 4 is 11.8 Å². The van der Waals surface area contributed by atoms with Gasteiger partial charge < -0.3 is 23.9 Å². The van der Waals surface area contributed by atoms with Gasteiger partial charge in [-0.25, -0.2) is 0 Å². The van der Waals surface area contributed by atoms with Crippen LogP contribution in [0.15, 0.2) is 41.3 Å². The molecule has 23 heavy (non-hydrogen) atoms. The number of fused-ring (bicyclic) bond motifs is 1. The van der Waals surface area contributed by atoms with Gasteiger partial charge in [-0.2, -0.15) is 0 Å². The molecule has 0 saturated heterocycles. The molecule has 0 aromatic carbocycles.